The third kappa shape index (κ3) is 3.18. The molecule has 6 nitrogen and oxygen atoms in total. The summed E-state index contributed by atoms with van der Waals surface area (Å²) in [6.07, 6.45) is 11.0. The highest BCUT2D eigenvalue weighted by Gasteiger charge is 2.72. The van der Waals surface area contributed by atoms with E-state index >= 15 is 0 Å². The number of allylic oxidation sites excluding steroid dienone is 3. The van der Waals surface area contributed by atoms with Crippen molar-refractivity contribution in [2.45, 2.75) is 85.9 Å². The molecule has 0 unspecified atom stereocenters. The smallest absolute Gasteiger partial charge is 0.303 e. The van der Waals surface area contributed by atoms with Crippen LogP contribution in [0.3, 0.4) is 0 Å². The number of esters is 2. The van der Waals surface area contributed by atoms with Crippen molar-refractivity contribution < 1.29 is 28.3 Å². The van der Waals surface area contributed by atoms with Gasteiger partial charge in [-0.15, -0.1) is 0 Å². The quantitative estimate of drug-likeness (QED) is 0.391. The first-order valence-electron chi connectivity index (χ1n) is 13.1. The summed E-state index contributed by atoms with van der Waals surface area (Å²) in [6, 6.07) is 2.04. The van der Waals surface area contributed by atoms with Crippen LogP contribution in [0.2, 0.25) is 0 Å². The molecule has 36 heavy (non-hydrogen) atoms. The van der Waals surface area contributed by atoms with Crippen LogP contribution >= 0.6 is 0 Å². The molecular weight excluding hydrogens is 456 g/mol. The highest BCUT2D eigenvalue weighted by atomic mass is 16.6. The molecule has 2 saturated carbocycles. The first-order chi connectivity index (χ1) is 16.8. The van der Waals surface area contributed by atoms with Crippen LogP contribution < -0.4 is 0 Å². The number of ketones is 1. The van der Waals surface area contributed by atoms with Crippen LogP contribution in [0.5, 0.6) is 0 Å². The molecule has 0 saturated heterocycles. The Morgan fingerprint density at radius 3 is 2.36 bits per heavy atom. The minimum absolute atomic E-state index is 0.00746. The molecule has 4 aliphatic rings. The highest BCUT2D eigenvalue weighted by molar-refractivity contribution is 5.96. The van der Waals surface area contributed by atoms with Gasteiger partial charge < -0.3 is 13.9 Å². The van der Waals surface area contributed by atoms with Gasteiger partial charge in [0, 0.05) is 30.6 Å². The summed E-state index contributed by atoms with van der Waals surface area (Å²) in [5.41, 5.74) is 0.496. The van der Waals surface area contributed by atoms with Crippen molar-refractivity contribution in [2.24, 2.45) is 33.5 Å². The first kappa shape index (κ1) is 25.0. The molecule has 0 aliphatic heterocycles. The number of carbonyl (C=O) groups excluding carboxylic acids is 3. The summed E-state index contributed by atoms with van der Waals surface area (Å²) in [5, 5.41) is 0. The average molecular weight is 495 g/mol. The van der Waals surface area contributed by atoms with Crippen molar-refractivity contribution in [1.82, 2.24) is 0 Å². The standard InChI is InChI=1S/C30H38O6/c1-17(31)35-24-25-27(3,4)23(33)11-14-29(25,6)22-10-13-28(5)20(19-12-15-34-16-19)8-9-21(28)30(22,7)26(24)36-18(2)32/h9,11-12,14-16,20,22,24-26H,8,10,13H2,1-7H3/t20-,22-,24+,25+,26+,28-,29+,30-/m0/s1. The molecule has 0 spiro atoms. The second-order valence-electron chi connectivity index (χ2n) is 12.6. The Kier molecular flexibility index (Phi) is 5.52. The molecule has 1 aromatic heterocycles. The van der Waals surface area contributed by atoms with Gasteiger partial charge in [0.25, 0.3) is 0 Å². The van der Waals surface area contributed by atoms with Gasteiger partial charge in [0.05, 0.1) is 12.5 Å². The van der Waals surface area contributed by atoms with E-state index in [1.54, 1.807) is 12.3 Å². The lowest BCUT2D eigenvalue weighted by Crippen LogP contribution is -2.70. The van der Waals surface area contributed by atoms with Gasteiger partial charge in [-0.2, -0.15) is 0 Å². The van der Waals surface area contributed by atoms with Gasteiger partial charge in [0.1, 0.15) is 12.2 Å². The largest absolute Gasteiger partial charge is 0.472 e. The third-order valence-corrected chi connectivity index (χ3v) is 10.4. The van der Waals surface area contributed by atoms with E-state index in [-0.39, 0.29) is 29.0 Å². The summed E-state index contributed by atoms with van der Waals surface area (Å²) in [5.74, 6) is -0.808. The van der Waals surface area contributed by atoms with Crippen molar-refractivity contribution in [3.05, 3.63) is 48.0 Å². The lowest BCUT2D eigenvalue weighted by Gasteiger charge is -2.67. The predicted octanol–water partition coefficient (Wildman–Crippen LogP) is 5.78. The molecule has 1 heterocycles. The number of rotatable bonds is 3. The van der Waals surface area contributed by atoms with Crippen LogP contribution in [0, 0.1) is 33.5 Å². The lowest BCUT2D eigenvalue weighted by molar-refractivity contribution is -0.237. The maximum absolute atomic E-state index is 13.2. The van der Waals surface area contributed by atoms with Crippen molar-refractivity contribution in [2.75, 3.05) is 0 Å². The van der Waals surface area contributed by atoms with Crippen molar-refractivity contribution >= 4 is 17.7 Å². The van der Waals surface area contributed by atoms with Crippen LogP contribution in [-0.2, 0) is 23.9 Å². The van der Waals surface area contributed by atoms with Crippen LogP contribution in [0.1, 0.15) is 79.2 Å². The summed E-state index contributed by atoms with van der Waals surface area (Å²) < 4.78 is 17.7. The first-order valence-corrected chi connectivity index (χ1v) is 13.1. The Morgan fingerprint density at radius 2 is 1.75 bits per heavy atom. The normalized spacial score (nSPS) is 42.6. The fourth-order valence-corrected chi connectivity index (χ4v) is 9.09. The topological polar surface area (TPSA) is 82.8 Å². The predicted molar refractivity (Wildman–Crippen MR) is 134 cm³/mol. The summed E-state index contributed by atoms with van der Waals surface area (Å²) in [7, 11) is 0. The van der Waals surface area contributed by atoms with E-state index in [4.69, 9.17) is 13.9 Å². The molecule has 0 amide bonds. The van der Waals surface area contributed by atoms with Gasteiger partial charge in [-0.25, -0.2) is 0 Å². The number of fused-ring (bicyclic) bond motifs is 5. The zero-order valence-electron chi connectivity index (χ0n) is 22.4. The summed E-state index contributed by atoms with van der Waals surface area (Å²) in [4.78, 5) is 38.2. The molecular formula is C30H38O6. The van der Waals surface area contributed by atoms with E-state index in [0.29, 0.717) is 0 Å². The van der Waals surface area contributed by atoms with E-state index in [1.165, 1.54) is 25.0 Å². The molecule has 194 valence electrons. The van der Waals surface area contributed by atoms with Crippen molar-refractivity contribution in [3.63, 3.8) is 0 Å². The second-order valence-corrected chi connectivity index (χ2v) is 12.6. The van der Waals surface area contributed by atoms with Crippen LogP contribution in [0.15, 0.2) is 46.8 Å². The monoisotopic (exact) mass is 494 g/mol. The molecule has 2 fully saturated rings. The maximum Gasteiger partial charge on any atom is 0.303 e. The summed E-state index contributed by atoms with van der Waals surface area (Å²) in [6.45, 7) is 13.4. The molecule has 4 aliphatic carbocycles. The second kappa shape index (κ2) is 7.93. The van der Waals surface area contributed by atoms with Crippen molar-refractivity contribution in [3.8, 4) is 0 Å². The Labute approximate surface area is 213 Å². The van der Waals surface area contributed by atoms with E-state index < -0.39 is 40.4 Å². The van der Waals surface area contributed by atoms with Crippen molar-refractivity contribution in [1.29, 1.82) is 0 Å². The molecule has 6 heteroatoms. The van der Waals surface area contributed by atoms with E-state index in [2.05, 4.69) is 32.9 Å². The van der Waals surface area contributed by atoms with Gasteiger partial charge in [0.2, 0.25) is 0 Å². The van der Waals surface area contributed by atoms with Gasteiger partial charge >= 0.3 is 11.9 Å². The third-order valence-electron chi connectivity index (χ3n) is 10.4. The minimum atomic E-state index is -0.784. The zero-order chi connectivity index (χ0) is 26.3. The zero-order valence-corrected chi connectivity index (χ0v) is 22.4. The van der Waals surface area contributed by atoms with Gasteiger partial charge in [-0.3, -0.25) is 14.4 Å². The van der Waals surface area contributed by atoms with E-state index in [0.717, 1.165) is 19.3 Å². The Balaban J connectivity index is 1.73. The van der Waals surface area contributed by atoms with Crippen LogP contribution in [0.4, 0.5) is 0 Å². The molecule has 8 atom stereocenters. The number of hydrogen-bond donors (Lipinski definition) is 0. The Morgan fingerprint density at radius 1 is 1.06 bits per heavy atom. The van der Waals surface area contributed by atoms with E-state index in [9.17, 15) is 14.4 Å². The fraction of sp³-hybridized carbons (Fsp3) is 0.633. The number of ether oxygens (including phenoxy) is 2. The van der Waals surface area contributed by atoms with Crippen LogP contribution in [-0.4, -0.2) is 29.9 Å². The molecule has 0 bridgehead atoms. The molecule has 5 rings (SSSR count). The molecule has 0 N–H and O–H groups in total. The Bertz CT molecular complexity index is 1160. The number of furan rings is 1. The molecule has 0 aromatic carbocycles. The molecule has 1 aromatic rings. The molecule has 0 radical (unpaired) electrons. The fourth-order valence-electron chi connectivity index (χ4n) is 9.09. The summed E-state index contributed by atoms with van der Waals surface area (Å²) >= 11 is 0. The number of carbonyl (C=O) groups is 3. The van der Waals surface area contributed by atoms with Crippen LogP contribution in [0.25, 0.3) is 0 Å². The maximum atomic E-state index is 13.2. The average Bonchev–Trinajstić information content (AvgIpc) is 3.41. The Hall–Kier alpha value is -2.63. The minimum Gasteiger partial charge on any atom is -0.472 e. The highest BCUT2D eigenvalue weighted by Crippen LogP contribution is 2.73. The SMILES string of the molecule is CC(=O)O[C@@H]1[C@@H]2C(C)(C)C(=O)C=C[C@]2(C)[C@@H]2CC[C@]3(C)C(=CC[C@H]3c3ccoc3)[C@]2(C)[C@@H]1OC(C)=O. The van der Waals surface area contributed by atoms with E-state index in [1.807, 2.05) is 26.2 Å². The number of hydrogen-bond acceptors (Lipinski definition) is 6. The van der Waals surface area contributed by atoms with Gasteiger partial charge in [0.15, 0.2) is 5.78 Å². The lowest BCUT2D eigenvalue weighted by atomic mass is 9.37. The van der Waals surface area contributed by atoms with Gasteiger partial charge in [-0.1, -0.05) is 52.3 Å². The van der Waals surface area contributed by atoms with Gasteiger partial charge in [-0.05, 0) is 59.6 Å².